The molecule has 1 aliphatic rings. The number of rotatable bonds is 4. The summed E-state index contributed by atoms with van der Waals surface area (Å²) >= 11 is 0. The minimum absolute atomic E-state index is 0.0646. The predicted octanol–water partition coefficient (Wildman–Crippen LogP) is 0.467. The summed E-state index contributed by atoms with van der Waals surface area (Å²) in [5, 5.41) is 0. The van der Waals surface area contributed by atoms with Crippen LogP contribution in [0, 0.1) is 0 Å². The first kappa shape index (κ1) is 15.7. The van der Waals surface area contributed by atoms with Gasteiger partial charge in [-0.25, -0.2) is 13.1 Å². The molecule has 1 aromatic carbocycles. The van der Waals surface area contributed by atoms with E-state index >= 15 is 0 Å². The number of nitrogens with one attached hydrogen (secondary N) is 1. The molecule has 0 radical (unpaired) electrons. The second kappa shape index (κ2) is 6.84. The van der Waals surface area contributed by atoms with Gasteiger partial charge in [0.05, 0.1) is 18.1 Å². The van der Waals surface area contributed by atoms with Crippen LogP contribution in [-0.4, -0.2) is 52.6 Å². The van der Waals surface area contributed by atoms with E-state index in [9.17, 15) is 13.2 Å². The van der Waals surface area contributed by atoms with Crippen LogP contribution in [0.1, 0.15) is 5.56 Å². The van der Waals surface area contributed by atoms with Crippen molar-refractivity contribution in [3.63, 3.8) is 0 Å². The largest absolute Gasteiger partial charge is 0.378 e. The second-order valence-electron chi connectivity index (χ2n) is 4.55. The van der Waals surface area contributed by atoms with Crippen molar-refractivity contribution >= 4 is 22.0 Å². The lowest BCUT2D eigenvalue weighted by molar-refractivity contribution is -0.129. The van der Waals surface area contributed by atoms with Crippen LogP contribution in [0.25, 0.3) is 6.08 Å². The minimum Gasteiger partial charge on any atom is -0.378 e. The average molecular weight is 310 g/mol. The Hall–Kier alpha value is -1.70. The molecule has 114 valence electrons. The van der Waals surface area contributed by atoms with Gasteiger partial charge in [-0.2, -0.15) is 0 Å². The lowest BCUT2D eigenvalue weighted by atomic mass is 10.2. The fourth-order valence-corrected chi connectivity index (χ4v) is 2.66. The molecule has 1 saturated heterocycles. The van der Waals surface area contributed by atoms with Crippen LogP contribution in [0.3, 0.4) is 0 Å². The van der Waals surface area contributed by atoms with Gasteiger partial charge in [0.15, 0.2) is 0 Å². The molecule has 0 bridgehead atoms. The molecule has 0 aliphatic carbocycles. The van der Waals surface area contributed by atoms with E-state index in [4.69, 9.17) is 4.74 Å². The van der Waals surface area contributed by atoms with Gasteiger partial charge in [-0.15, -0.1) is 0 Å². The summed E-state index contributed by atoms with van der Waals surface area (Å²) in [4.78, 5) is 13.8. The van der Waals surface area contributed by atoms with E-state index < -0.39 is 10.0 Å². The number of nitrogens with zero attached hydrogens (tertiary/aromatic N) is 1. The molecular formula is C14H18N2O4S. The highest BCUT2D eigenvalue weighted by molar-refractivity contribution is 7.89. The van der Waals surface area contributed by atoms with Crippen molar-refractivity contribution in [1.29, 1.82) is 0 Å². The lowest BCUT2D eigenvalue weighted by Crippen LogP contribution is -2.39. The Bertz CT molecular complexity index is 617. The predicted molar refractivity (Wildman–Crippen MR) is 79.1 cm³/mol. The number of amides is 1. The molecule has 0 saturated carbocycles. The third-order valence-electron chi connectivity index (χ3n) is 3.20. The van der Waals surface area contributed by atoms with E-state index in [1.807, 2.05) is 0 Å². The first-order valence-corrected chi connectivity index (χ1v) is 8.09. The molecule has 0 unspecified atom stereocenters. The quantitative estimate of drug-likeness (QED) is 0.820. The first-order valence-electron chi connectivity index (χ1n) is 6.61. The topological polar surface area (TPSA) is 75.7 Å². The zero-order chi connectivity index (χ0) is 15.3. The maximum absolute atomic E-state index is 11.9. The van der Waals surface area contributed by atoms with Gasteiger partial charge < -0.3 is 9.64 Å². The van der Waals surface area contributed by atoms with E-state index in [2.05, 4.69) is 4.72 Å². The van der Waals surface area contributed by atoms with Gasteiger partial charge in [0.25, 0.3) is 0 Å². The molecule has 0 aromatic heterocycles. The molecule has 0 atom stereocenters. The minimum atomic E-state index is -3.43. The Kier molecular flexibility index (Phi) is 5.11. The molecule has 1 fully saturated rings. The molecule has 0 spiro atoms. The molecule has 2 rings (SSSR count). The summed E-state index contributed by atoms with van der Waals surface area (Å²) < 4.78 is 30.6. The Morgan fingerprint density at radius 3 is 2.43 bits per heavy atom. The van der Waals surface area contributed by atoms with Crippen molar-refractivity contribution in [3.05, 3.63) is 35.9 Å². The van der Waals surface area contributed by atoms with Crippen molar-refractivity contribution in [3.8, 4) is 0 Å². The number of carbonyl (C=O) groups is 1. The maximum Gasteiger partial charge on any atom is 0.246 e. The molecule has 1 aromatic rings. The Morgan fingerprint density at radius 1 is 1.24 bits per heavy atom. The zero-order valence-electron chi connectivity index (χ0n) is 11.8. The molecule has 21 heavy (non-hydrogen) atoms. The normalized spacial score (nSPS) is 16.3. The van der Waals surface area contributed by atoms with Gasteiger partial charge in [-0.1, -0.05) is 12.1 Å². The summed E-state index contributed by atoms with van der Waals surface area (Å²) in [6.45, 7) is 2.33. The molecule has 1 aliphatic heterocycles. The number of hydrogen-bond acceptors (Lipinski definition) is 4. The van der Waals surface area contributed by atoms with Crippen LogP contribution in [0.2, 0.25) is 0 Å². The molecular weight excluding hydrogens is 292 g/mol. The first-order chi connectivity index (χ1) is 10.0. The van der Waals surface area contributed by atoms with E-state index in [-0.39, 0.29) is 10.8 Å². The Morgan fingerprint density at radius 2 is 1.86 bits per heavy atom. The number of sulfonamides is 1. The van der Waals surface area contributed by atoms with Crippen LogP contribution < -0.4 is 4.72 Å². The van der Waals surface area contributed by atoms with Gasteiger partial charge in [-0.3, -0.25) is 4.79 Å². The van der Waals surface area contributed by atoms with Crippen LogP contribution in [-0.2, 0) is 19.6 Å². The number of morpholine rings is 1. The standard InChI is InChI=1S/C14H18N2O4S/c1-15-21(18,19)13-5-2-12(3-6-13)4-7-14(17)16-8-10-20-11-9-16/h2-7,15H,8-11H2,1H3. The van der Waals surface area contributed by atoms with Crippen molar-refractivity contribution in [1.82, 2.24) is 9.62 Å². The fraction of sp³-hybridized carbons (Fsp3) is 0.357. The summed E-state index contributed by atoms with van der Waals surface area (Å²) in [6.07, 6.45) is 3.17. The molecule has 1 heterocycles. The molecule has 1 amide bonds. The highest BCUT2D eigenvalue weighted by Crippen LogP contribution is 2.11. The second-order valence-corrected chi connectivity index (χ2v) is 6.43. The van der Waals surface area contributed by atoms with E-state index in [0.717, 1.165) is 5.56 Å². The molecule has 1 N–H and O–H groups in total. The van der Waals surface area contributed by atoms with E-state index in [0.29, 0.717) is 26.3 Å². The van der Waals surface area contributed by atoms with Gasteiger partial charge >= 0.3 is 0 Å². The SMILES string of the molecule is CNS(=O)(=O)c1ccc(C=CC(=O)N2CCOCC2)cc1. The zero-order valence-corrected chi connectivity index (χ0v) is 12.6. The summed E-state index contributed by atoms with van der Waals surface area (Å²) in [7, 11) is -2.06. The van der Waals surface area contributed by atoms with Crippen molar-refractivity contribution in [2.24, 2.45) is 0 Å². The number of carbonyl (C=O) groups excluding carboxylic acids is 1. The summed E-state index contributed by atoms with van der Waals surface area (Å²) in [6, 6.07) is 6.33. The van der Waals surface area contributed by atoms with Crippen LogP contribution in [0.5, 0.6) is 0 Å². The Balaban J connectivity index is 2.02. The van der Waals surface area contributed by atoms with Crippen LogP contribution in [0.4, 0.5) is 0 Å². The highest BCUT2D eigenvalue weighted by atomic mass is 32.2. The summed E-state index contributed by atoms with van der Waals surface area (Å²) in [5.41, 5.74) is 0.770. The molecule has 6 nitrogen and oxygen atoms in total. The van der Waals surface area contributed by atoms with Crippen LogP contribution >= 0.6 is 0 Å². The van der Waals surface area contributed by atoms with Crippen LogP contribution in [0.15, 0.2) is 35.2 Å². The van der Waals surface area contributed by atoms with Crippen molar-refractivity contribution < 1.29 is 17.9 Å². The maximum atomic E-state index is 11.9. The monoisotopic (exact) mass is 310 g/mol. The third kappa shape index (κ3) is 4.13. The smallest absolute Gasteiger partial charge is 0.246 e. The van der Waals surface area contributed by atoms with Gasteiger partial charge in [-0.05, 0) is 30.8 Å². The third-order valence-corrected chi connectivity index (χ3v) is 4.63. The molecule has 7 heteroatoms. The number of ether oxygens (including phenoxy) is 1. The van der Waals surface area contributed by atoms with Crippen molar-refractivity contribution in [2.45, 2.75) is 4.90 Å². The Labute approximate surface area is 124 Å². The highest BCUT2D eigenvalue weighted by Gasteiger charge is 2.14. The lowest BCUT2D eigenvalue weighted by Gasteiger charge is -2.25. The van der Waals surface area contributed by atoms with E-state index in [1.54, 1.807) is 23.1 Å². The van der Waals surface area contributed by atoms with Crippen molar-refractivity contribution in [2.75, 3.05) is 33.4 Å². The van der Waals surface area contributed by atoms with Gasteiger partial charge in [0, 0.05) is 19.2 Å². The summed E-state index contributed by atoms with van der Waals surface area (Å²) in [5.74, 6) is -0.0646. The van der Waals surface area contributed by atoms with Gasteiger partial charge in [0.2, 0.25) is 15.9 Å². The van der Waals surface area contributed by atoms with Gasteiger partial charge in [0.1, 0.15) is 0 Å². The number of benzene rings is 1. The van der Waals surface area contributed by atoms with E-state index in [1.165, 1.54) is 25.3 Å². The fourth-order valence-electron chi connectivity index (χ4n) is 1.93. The number of hydrogen-bond donors (Lipinski definition) is 1. The average Bonchev–Trinajstić information content (AvgIpc) is 2.54.